The first-order valence-electron chi connectivity index (χ1n) is 11.2. The van der Waals surface area contributed by atoms with Crippen LogP contribution in [0.2, 0.25) is 5.02 Å². The zero-order chi connectivity index (χ0) is 27.0. The minimum absolute atomic E-state index is 0.0836. The number of para-hydroxylation sites is 1. The van der Waals surface area contributed by atoms with Gasteiger partial charge < -0.3 is 10.2 Å². The van der Waals surface area contributed by atoms with Gasteiger partial charge in [0.15, 0.2) is 10.8 Å². The quantitative estimate of drug-likeness (QED) is 0.241. The van der Waals surface area contributed by atoms with E-state index in [9.17, 15) is 17.6 Å². The van der Waals surface area contributed by atoms with Gasteiger partial charge in [-0.25, -0.2) is 17.9 Å². The summed E-state index contributed by atoms with van der Waals surface area (Å²) in [6, 6.07) is 22.0. The third kappa shape index (κ3) is 4.96. The molecule has 12 heteroatoms. The molecular formula is C26H19ClFN5O3S2. The number of carbonyl (C=O) groups is 1. The number of nitrogens with two attached hydrogens (primary N) is 1. The van der Waals surface area contributed by atoms with Crippen LogP contribution in [0.1, 0.15) is 11.1 Å². The van der Waals surface area contributed by atoms with Crippen LogP contribution in [0.25, 0.3) is 10.8 Å². The normalized spacial score (nSPS) is 14.1. The van der Waals surface area contributed by atoms with Crippen LogP contribution in [-0.4, -0.2) is 25.1 Å². The number of thiocarbonyl (C=S) groups is 1. The van der Waals surface area contributed by atoms with Gasteiger partial charge in [-0.15, -0.1) is 0 Å². The van der Waals surface area contributed by atoms with E-state index in [2.05, 4.69) is 15.8 Å². The van der Waals surface area contributed by atoms with Gasteiger partial charge in [-0.1, -0.05) is 66.2 Å². The number of primary sulfonamides is 1. The van der Waals surface area contributed by atoms with Crippen molar-refractivity contribution in [2.45, 2.75) is 11.4 Å². The lowest BCUT2D eigenvalue weighted by atomic mass is 10.0. The fourth-order valence-corrected chi connectivity index (χ4v) is 5.25. The Morgan fingerprint density at radius 1 is 1.05 bits per heavy atom. The topological polar surface area (TPSA) is 117 Å². The summed E-state index contributed by atoms with van der Waals surface area (Å²) >= 11 is 11.3. The molecule has 0 aromatic heterocycles. The minimum Gasteiger partial charge on any atom is -0.330 e. The van der Waals surface area contributed by atoms with Gasteiger partial charge >= 0.3 is 0 Å². The van der Waals surface area contributed by atoms with Crippen molar-refractivity contribution in [2.75, 3.05) is 10.2 Å². The molecule has 0 unspecified atom stereocenters. The summed E-state index contributed by atoms with van der Waals surface area (Å²) in [6.07, 6.45) is 0. The number of hydrogen-bond donors (Lipinski definition) is 3. The SMILES string of the molecule is NS(=O)(=O)c1ccccc1NC(=S)NN=C1C(=O)N(Cc2cccc3ccccc23)c2cc(Cl)c(F)cc21. The number of anilines is 2. The summed E-state index contributed by atoms with van der Waals surface area (Å²) in [4.78, 5) is 14.8. The molecule has 0 aliphatic carbocycles. The molecule has 1 aliphatic rings. The number of rotatable bonds is 5. The number of carbonyl (C=O) groups excluding carboxylic acids is 1. The van der Waals surface area contributed by atoms with Gasteiger partial charge in [0, 0.05) is 5.56 Å². The van der Waals surface area contributed by atoms with Gasteiger partial charge in [0.25, 0.3) is 5.91 Å². The molecule has 4 aromatic rings. The molecular weight excluding hydrogens is 549 g/mol. The lowest BCUT2D eigenvalue weighted by Crippen LogP contribution is -2.32. The number of halogens is 2. The highest BCUT2D eigenvalue weighted by Crippen LogP contribution is 2.35. The summed E-state index contributed by atoms with van der Waals surface area (Å²) < 4.78 is 38.2. The predicted molar refractivity (Wildman–Crippen MR) is 150 cm³/mol. The van der Waals surface area contributed by atoms with Crippen LogP contribution in [0.4, 0.5) is 15.8 Å². The molecule has 0 spiro atoms. The molecule has 0 saturated heterocycles. The lowest BCUT2D eigenvalue weighted by Gasteiger charge is -2.18. The fourth-order valence-electron chi connectivity index (χ4n) is 4.24. The molecule has 1 amide bonds. The zero-order valence-corrected chi connectivity index (χ0v) is 21.9. The highest BCUT2D eigenvalue weighted by atomic mass is 35.5. The maximum Gasteiger partial charge on any atom is 0.279 e. The standard InChI is InChI=1S/C26H19ClFN5O3S2/c27-19-13-22-18(12-20(19)28)24(31-32-26(37)30-21-10-3-4-11-23(21)38(29,35)36)25(34)33(22)14-16-8-5-7-15-6-1-2-9-17(15)16/h1-13H,14H2,(H2,29,35,36)(H2,30,32,37). The molecule has 0 atom stereocenters. The number of fused-ring (bicyclic) bond motifs is 2. The first kappa shape index (κ1) is 25.7. The van der Waals surface area contributed by atoms with E-state index in [0.29, 0.717) is 5.69 Å². The Bertz CT molecular complexity index is 1760. The molecule has 4 N–H and O–H groups in total. The van der Waals surface area contributed by atoms with Crippen molar-refractivity contribution in [1.82, 2.24) is 5.43 Å². The number of benzene rings is 4. The van der Waals surface area contributed by atoms with Crippen molar-refractivity contribution >= 4 is 72.7 Å². The Morgan fingerprint density at radius 2 is 1.76 bits per heavy atom. The summed E-state index contributed by atoms with van der Waals surface area (Å²) in [5, 5.41) is 13.9. The molecule has 1 aliphatic heterocycles. The maximum atomic E-state index is 14.4. The smallest absolute Gasteiger partial charge is 0.279 e. The summed E-state index contributed by atoms with van der Waals surface area (Å²) in [5.74, 6) is -1.20. The Hall–Kier alpha value is -3.90. The summed E-state index contributed by atoms with van der Waals surface area (Å²) in [5.41, 5.74) is 4.10. The second-order valence-corrected chi connectivity index (χ2v) is 10.7. The van der Waals surface area contributed by atoms with Gasteiger partial charge in [0.2, 0.25) is 10.0 Å². The van der Waals surface area contributed by atoms with Gasteiger partial charge in [-0.3, -0.25) is 10.2 Å². The van der Waals surface area contributed by atoms with E-state index in [1.54, 1.807) is 6.07 Å². The molecule has 192 valence electrons. The number of sulfonamides is 1. The molecule has 38 heavy (non-hydrogen) atoms. The Morgan fingerprint density at radius 3 is 2.55 bits per heavy atom. The fraction of sp³-hybridized carbons (Fsp3) is 0.0385. The van der Waals surface area contributed by atoms with Crippen LogP contribution in [0.15, 0.2) is 88.9 Å². The van der Waals surface area contributed by atoms with Crippen molar-refractivity contribution in [3.63, 3.8) is 0 Å². The number of amides is 1. The minimum atomic E-state index is -4.02. The second-order valence-electron chi connectivity index (χ2n) is 8.38. The van der Waals surface area contributed by atoms with Crippen molar-refractivity contribution in [3.05, 3.63) is 101 Å². The average molecular weight is 568 g/mol. The van der Waals surface area contributed by atoms with Crippen LogP contribution < -0.4 is 20.8 Å². The van der Waals surface area contributed by atoms with Crippen LogP contribution >= 0.6 is 23.8 Å². The van der Waals surface area contributed by atoms with Crippen LogP contribution in [-0.2, 0) is 21.4 Å². The highest BCUT2D eigenvalue weighted by molar-refractivity contribution is 7.89. The van der Waals surface area contributed by atoms with Crippen LogP contribution in [0.5, 0.6) is 0 Å². The summed E-state index contributed by atoms with van der Waals surface area (Å²) in [7, 11) is -4.02. The van der Waals surface area contributed by atoms with Crippen LogP contribution in [0.3, 0.4) is 0 Å². The Kier molecular flexibility index (Phi) is 6.84. The number of hydrogen-bond acceptors (Lipinski definition) is 5. The van der Waals surface area contributed by atoms with E-state index >= 15 is 0 Å². The van der Waals surface area contributed by atoms with Crippen molar-refractivity contribution in [2.24, 2.45) is 10.2 Å². The van der Waals surface area contributed by atoms with Crippen LogP contribution in [0, 0.1) is 5.82 Å². The molecule has 8 nitrogen and oxygen atoms in total. The van der Waals surface area contributed by atoms with E-state index in [0.717, 1.165) is 22.4 Å². The van der Waals surface area contributed by atoms with E-state index in [-0.39, 0.29) is 38.5 Å². The monoisotopic (exact) mass is 567 g/mol. The molecule has 5 rings (SSSR count). The van der Waals surface area contributed by atoms with Gasteiger partial charge in [0.1, 0.15) is 10.7 Å². The van der Waals surface area contributed by atoms with Crippen molar-refractivity contribution in [3.8, 4) is 0 Å². The van der Waals surface area contributed by atoms with E-state index < -0.39 is 21.7 Å². The number of nitrogens with zero attached hydrogens (tertiary/aromatic N) is 2. The van der Waals surface area contributed by atoms with Gasteiger partial charge in [0.05, 0.1) is 22.9 Å². The number of hydrazone groups is 1. The molecule has 0 bridgehead atoms. The predicted octanol–water partition coefficient (Wildman–Crippen LogP) is 4.52. The third-order valence-corrected chi connectivity index (χ3v) is 7.40. The molecule has 1 heterocycles. The summed E-state index contributed by atoms with van der Waals surface area (Å²) in [6.45, 7) is 0.193. The van der Waals surface area contributed by atoms with Gasteiger partial charge in [-0.05, 0) is 52.8 Å². The average Bonchev–Trinajstić information content (AvgIpc) is 3.12. The maximum absolute atomic E-state index is 14.4. The van der Waals surface area contributed by atoms with Crippen molar-refractivity contribution in [1.29, 1.82) is 0 Å². The van der Waals surface area contributed by atoms with E-state index in [1.165, 1.54) is 29.2 Å². The first-order valence-corrected chi connectivity index (χ1v) is 13.5. The molecule has 0 radical (unpaired) electrons. The third-order valence-electron chi connectivity index (χ3n) is 5.95. The van der Waals surface area contributed by atoms with E-state index in [1.807, 2.05) is 42.5 Å². The number of nitrogens with one attached hydrogen (secondary N) is 2. The first-order chi connectivity index (χ1) is 18.1. The zero-order valence-electron chi connectivity index (χ0n) is 19.5. The highest BCUT2D eigenvalue weighted by Gasteiger charge is 2.35. The Balaban J connectivity index is 1.46. The molecule has 4 aromatic carbocycles. The Labute approximate surface area is 227 Å². The van der Waals surface area contributed by atoms with Crippen molar-refractivity contribution < 1.29 is 17.6 Å². The second kappa shape index (κ2) is 10.1. The van der Waals surface area contributed by atoms with E-state index in [4.69, 9.17) is 29.0 Å². The molecule has 0 fully saturated rings. The largest absolute Gasteiger partial charge is 0.330 e. The lowest BCUT2D eigenvalue weighted by molar-refractivity contribution is -0.112. The molecule has 0 saturated carbocycles. The van der Waals surface area contributed by atoms with Gasteiger partial charge in [-0.2, -0.15) is 5.10 Å².